The number of benzene rings is 2. The van der Waals surface area contributed by atoms with Gasteiger partial charge in [0, 0.05) is 10.7 Å². The number of fused-ring (bicyclic) bond motifs is 1. The molecule has 1 N–H and O–H groups in total. The van der Waals surface area contributed by atoms with E-state index in [4.69, 9.17) is 20.8 Å². The molecule has 0 aliphatic carbocycles. The van der Waals surface area contributed by atoms with Crippen molar-refractivity contribution in [2.75, 3.05) is 5.32 Å². The predicted octanol–water partition coefficient (Wildman–Crippen LogP) is 3.97. The van der Waals surface area contributed by atoms with Crippen LogP contribution in [-0.4, -0.2) is 23.0 Å². The molecule has 1 amide bonds. The molecule has 1 heterocycles. The Hall–Kier alpha value is -2.86. The number of rotatable bonds is 4. The molecule has 0 radical (unpaired) electrons. The van der Waals surface area contributed by atoms with E-state index in [1.807, 2.05) is 6.92 Å². The van der Waals surface area contributed by atoms with E-state index < -0.39 is 18.0 Å². The molecule has 1 unspecified atom stereocenters. The van der Waals surface area contributed by atoms with Gasteiger partial charge in [-0.1, -0.05) is 17.7 Å². The minimum absolute atomic E-state index is 0.292. The fraction of sp³-hybridized carbons (Fsp3) is 0.167. The Morgan fingerprint density at radius 2 is 2.04 bits per heavy atom. The van der Waals surface area contributed by atoms with Crippen LogP contribution in [0.3, 0.4) is 0 Å². The molecule has 0 fully saturated rings. The molecule has 0 aliphatic heterocycles. The quantitative estimate of drug-likeness (QED) is 0.713. The molecule has 1 atom stereocenters. The summed E-state index contributed by atoms with van der Waals surface area (Å²) in [5.41, 5.74) is 2.83. The summed E-state index contributed by atoms with van der Waals surface area (Å²) in [6.45, 7) is 3.34. The SMILES string of the molecule is Cc1ccc(Cl)cc1NC(=O)C(C)OC(=O)c1ccc2ocnc2c1. The van der Waals surface area contributed by atoms with Gasteiger partial charge < -0.3 is 14.5 Å². The van der Waals surface area contributed by atoms with Gasteiger partial charge in [-0.3, -0.25) is 4.79 Å². The molecular formula is C18H15ClN2O4. The number of esters is 1. The van der Waals surface area contributed by atoms with E-state index in [2.05, 4.69) is 10.3 Å². The Morgan fingerprint density at radius 3 is 2.84 bits per heavy atom. The third kappa shape index (κ3) is 3.80. The third-order valence-electron chi connectivity index (χ3n) is 3.68. The summed E-state index contributed by atoms with van der Waals surface area (Å²) >= 11 is 5.93. The van der Waals surface area contributed by atoms with Gasteiger partial charge in [-0.05, 0) is 49.7 Å². The van der Waals surface area contributed by atoms with Gasteiger partial charge >= 0.3 is 5.97 Å². The average Bonchev–Trinajstić information content (AvgIpc) is 3.05. The lowest BCUT2D eigenvalue weighted by Gasteiger charge is -2.15. The van der Waals surface area contributed by atoms with Crippen molar-refractivity contribution in [3.05, 3.63) is 58.9 Å². The number of hydrogen-bond donors (Lipinski definition) is 1. The molecule has 1 aromatic heterocycles. The van der Waals surface area contributed by atoms with Crippen molar-refractivity contribution in [3.63, 3.8) is 0 Å². The fourth-order valence-corrected chi connectivity index (χ4v) is 2.40. The van der Waals surface area contributed by atoms with Crippen molar-refractivity contribution in [3.8, 4) is 0 Å². The summed E-state index contributed by atoms with van der Waals surface area (Å²) < 4.78 is 10.3. The summed E-state index contributed by atoms with van der Waals surface area (Å²) in [5.74, 6) is -1.06. The number of carbonyl (C=O) groups is 2. The van der Waals surface area contributed by atoms with Crippen LogP contribution in [0.1, 0.15) is 22.8 Å². The first-order valence-corrected chi connectivity index (χ1v) is 7.93. The van der Waals surface area contributed by atoms with E-state index in [9.17, 15) is 9.59 Å². The number of ether oxygens (including phenoxy) is 1. The van der Waals surface area contributed by atoms with E-state index in [0.29, 0.717) is 27.4 Å². The standard InChI is InChI=1S/C18H15ClN2O4/c1-10-3-5-13(19)8-14(10)21-17(22)11(2)25-18(23)12-4-6-16-15(7-12)20-9-24-16/h3-9,11H,1-2H3,(H,21,22). The number of anilines is 1. The maximum Gasteiger partial charge on any atom is 0.338 e. The normalized spacial score (nSPS) is 12.0. The Morgan fingerprint density at radius 1 is 1.24 bits per heavy atom. The minimum Gasteiger partial charge on any atom is -0.449 e. The number of oxazole rings is 1. The van der Waals surface area contributed by atoms with Gasteiger partial charge in [-0.2, -0.15) is 0 Å². The smallest absolute Gasteiger partial charge is 0.338 e. The van der Waals surface area contributed by atoms with E-state index in [1.165, 1.54) is 13.3 Å². The average molecular weight is 359 g/mol. The van der Waals surface area contributed by atoms with Crippen LogP contribution in [0.15, 0.2) is 47.2 Å². The number of nitrogens with one attached hydrogen (secondary N) is 1. The van der Waals surface area contributed by atoms with Crippen molar-refractivity contribution in [1.29, 1.82) is 0 Å². The zero-order valence-corrected chi connectivity index (χ0v) is 14.3. The molecule has 25 heavy (non-hydrogen) atoms. The van der Waals surface area contributed by atoms with Crippen LogP contribution in [0.4, 0.5) is 5.69 Å². The molecule has 0 bridgehead atoms. The molecule has 2 aromatic carbocycles. The number of carbonyl (C=O) groups excluding carboxylic acids is 2. The Balaban J connectivity index is 1.68. The van der Waals surface area contributed by atoms with Gasteiger partial charge in [0.05, 0.1) is 5.56 Å². The highest BCUT2D eigenvalue weighted by Gasteiger charge is 2.20. The maximum atomic E-state index is 12.3. The zero-order valence-electron chi connectivity index (χ0n) is 13.6. The second kappa shape index (κ2) is 6.94. The highest BCUT2D eigenvalue weighted by Crippen LogP contribution is 2.21. The van der Waals surface area contributed by atoms with E-state index in [0.717, 1.165) is 5.56 Å². The van der Waals surface area contributed by atoms with Gasteiger partial charge in [-0.15, -0.1) is 0 Å². The van der Waals surface area contributed by atoms with Crippen LogP contribution in [-0.2, 0) is 9.53 Å². The van der Waals surface area contributed by atoms with Crippen LogP contribution < -0.4 is 5.32 Å². The number of aromatic nitrogens is 1. The highest BCUT2D eigenvalue weighted by atomic mass is 35.5. The second-order valence-electron chi connectivity index (χ2n) is 5.53. The van der Waals surface area contributed by atoms with Gasteiger partial charge in [0.25, 0.3) is 5.91 Å². The van der Waals surface area contributed by atoms with Crippen molar-refractivity contribution < 1.29 is 18.7 Å². The molecule has 0 aliphatic rings. The number of nitrogens with zero attached hydrogens (tertiary/aromatic N) is 1. The second-order valence-corrected chi connectivity index (χ2v) is 5.97. The monoisotopic (exact) mass is 358 g/mol. The van der Waals surface area contributed by atoms with Crippen LogP contribution >= 0.6 is 11.6 Å². The lowest BCUT2D eigenvalue weighted by molar-refractivity contribution is -0.123. The zero-order chi connectivity index (χ0) is 18.0. The maximum absolute atomic E-state index is 12.3. The summed E-state index contributed by atoms with van der Waals surface area (Å²) in [5, 5.41) is 3.21. The predicted molar refractivity (Wildman–Crippen MR) is 93.7 cm³/mol. The summed E-state index contributed by atoms with van der Waals surface area (Å²) in [6.07, 6.45) is 0.322. The van der Waals surface area contributed by atoms with E-state index in [1.54, 1.807) is 36.4 Å². The molecular weight excluding hydrogens is 344 g/mol. The van der Waals surface area contributed by atoms with Crippen molar-refractivity contribution in [2.45, 2.75) is 20.0 Å². The van der Waals surface area contributed by atoms with Crippen LogP contribution in [0.5, 0.6) is 0 Å². The molecule has 3 rings (SSSR count). The summed E-state index contributed by atoms with van der Waals surface area (Å²) in [6, 6.07) is 9.90. The largest absolute Gasteiger partial charge is 0.449 e. The highest BCUT2D eigenvalue weighted by molar-refractivity contribution is 6.31. The first-order valence-electron chi connectivity index (χ1n) is 7.55. The molecule has 0 saturated heterocycles. The van der Waals surface area contributed by atoms with Crippen LogP contribution in [0.25, 0.3) is 11.1 Å². The number of hydrogen-bond acceptors (Lipinski definition) is 5. The first-order chi connectivity index (χ1) is 11.9. The van der Waals surface area contributed by atoms with Crippen LogP contribution in [0.2, 0.25) is 5.02 Å². The number of amides is 1. The van der Waals surface area contributed by atoms with E-state index >= 15 is 0 Å². The van der Waals surface area contributed by atoms with Gasteiger partial charge in [0.1, 0.15) is 5.52 Å². The third-order valence-corrected chi connectivity index (χ3v) is 3.91. The number of aryl methyl sites for hydroxylation is 1. The lowest BCUT2D eigenvalue weighted by Crippen LogP contribution is -2.30. The fourth-order valence-electron chi connectivity index (χ4n) is 2.23. The van der Waals surface area contributed by atoms with Crippen molar-refractivity contribution in [1.82, 2.24) is 4.98 Å². The Kier molecular flexibility index (Phi) is 4.72. The minimum atomic E-state index is -0.973. The van der Waals surface area contributed by atoms with E-state index in [-0.39, 0.29) is 0 Å². The number of halogens is 1. The molecule has 0 saturated carbocycles. The Bertz CT molecular complexity index is 951. The topological polar surface area (TPSA) is 81.4 Å². The van der Waals surface area contributed by atoms with Gasteiger partial charge in [0.15, 0.2) is 18.1 Å². The Labute approximate surface area is 148 Å². The van der Waals surface area contributed by atoms with Gasteiger partial charge in [0.2, 0.25) is 0 Å². The summed E-state index contributed by atoms with van der Waals surface area (Å²) in [7, 11) is 0. The molecule has 3 aromatic rings. The molecule has 0 spiro atoms. The van der Waals surface area contributed by atoms with Gasteiger partial charge in [-0.25, -0.2) is 9.78 Å². The molecule has 7 heteroatoms. The lowest BCUT2D eigenvalue weighted by atomic mass is 10.2. The summed E-state index contributed by atoms with van der Waals surface area (Å²) in [4.78, 5) is 28.5. The molecule has 6 nitrogen and oxygen atoms in total. The van der Waals surface area contributed by atoms with Crippen molar-refractivity contribution >= 4 is 40.3 Å². The van der Waals surface area contributed by atoms with Crippen molar-refractivity contribution in [2.24, 2.45) is 0 Å². The van der Waals surface area contributed by atoms with Crippen LogP contribution in [0, 0.1) is 6.92 Å². The first kappa shape index (κ1) is 17.0. The molecule has 128 valence electrons.